The van der Waals surface area contributed by atoms with E-state index in [2.05, 4.69) is 20.1 Å². The van der Waals surface area contributed by atoms with Crippen LogP contribution in [-0.4, -0.2) is 38.4 Å². The Morgan fingerprint density at radius 3 is 3.00 bits per heavy atom. The number of para-hydroxylation sites is 1. The van der Waals surface area contributed by atoms with Crippen molar-refractivity contribution >= 4 is 22.5 Å². The van der Waals surface area contributed by atoms with Gasteiger partial charge in [0.25, 0.3) is 0 Å². The number of rotatable bonds is 6. The summed E-state index contributed by atoms with van der Waals surface area (Å²) in [5.41, 5.74) is 1.48. The molecule has 0 N–H and O–H groups in total. The Balaban J connectivity index is 1.63. The number of benzene rings is 1. The van der Waals surface area contributed by atoms with Crippen LogP contribution < -0.4 is 0 Å². The molecule has 3 aromatic heterocycles. The van der Waals surface area contributed by atoms with Crippen molar-refractivity contribution in [3.05, 3.63) is 59.5 Å². The fraction of sp³-hybridized carbons (Fsp3) is 0.222. The van der Waals surface area contributed by atoms with Crippen LogP contribution in [-0.2, 0) is 17.7 Å². The van der Waals surface area contributed by atoms with E-state index >= 15 is 0 Å². The van der Waals surface area contributed by atoms with E-state index in [-0.39, 0.29) is 0 Å². The van der Waals surface area contributed by atoms with Gasteiger partial charge in [-0.3, -0.25) is 0 Å². The Morgan fingerprint density at radius 2 is 2.12 bits per heavy atom. The quantitative estimate of drug-likeness (QED) is 0.518. The zero-order valence-electron chi connectivity index (χ0n) is 14.1. The minimum atomic E-state index is 0.414. The maximum Gasteiger partial charge on any atom is 0.246 e. The molecular formula is C18H16ClN5O2. The lowest BCUT2D eigenvalue weighted by molar-refractivity contribution is 0.199. The standard InChI is InChI=1S/C18H16ClN5O2/c1-25-10-7-15-22-16(26-23-15)11-24-9-8-20-18(24)14-6-5-12-3-2-4-13(19)17(12)21-14/h2-6,8-9H,7,10-11H2,1H3. The summed E-state index contributed by atoms with van der Waals surface area (Å²) in [6.07, 6.45) is 4.18. The number of ether oxygens (including phenoxy) is 1. The minimum absolute atomic E-state index is 0.414. The van der Waals surface area contributed by atoms with Gasteiger partial charge in [-0.15, -0.1) is 0 Å². The van der Waals surface area contributed by atoms with Gasteiger partial charge in [-0.2, -0.15) is 4.98 Å². The van der Waals surface area contributed by atoms with E-state index in [0.29, 0.717) is 42.1 Å². The van der Waals surface area contributed by atoms with Crippen molar-refractivity contribution in [2.45, 2.75) is 13.0 Å². The van der Waals surface area contributed by atoms with Gasteiger partial charge in [0.1, 0.15) is 12.2 Å². The van der Waals surface area contributed by atoms with Gasteiger partial charge in [0, 0.05) is 31.3 Å². The maximum absolute atomic E-state index is 6.27. The van der Waals surface area contributed by atoms with E-state index in [9.17, 15) is 0 Å². The van der Waals surface area contributed by atoms with Crippen LogP contribution in [0.3, 0.4) is 0 Å². The van der Waals surface area contributed by atoms with Crippen molar-refractivity contribution in [2.75, 3.05) is 13.7 Å². The number of hydrogen-bond donors (Lipinski definition) is 0. The molecular weight excluding hydrogens is 354 g/mol. The zero-order valence-corrected chi connectivity index (χ0v) is 14.8. The summed E-state index contributed by atoms with van der Waals surface area (Å²) >= 11 is 6.27. The third-order valence-electron chi connectivity index (χ3n) is 3.96. The highest BCUT2D eigenvalue weighted by Gasteiger charge is 2.13. The molecule has 7 nitrogen and oxygen atoms in total. The van der Waals surface area contributed by atoms with E-state index < -0.39 is 0 Å². The van der Waals surface area contributed by atoms with Crippen LogP contribution in [0.1, 0.15) is 11.7 Å². The van der Waals surface area contributed by atoms with Crippen LogP contribution in [0.5, 0.6) is 0 Å². The first-order chi connectivity index (χ1) is 12.7. The Hall–Kier alpha value is -2.77. The highest BCUT2D eigenvalue weighted by Crippen LogP contribution is 2.25. The zero-order chi connectivity index (χ0) is 17.9. The van der Waals surface area contributed by atoms with Crippen LogP contribution in [0.15, 0.2) is 47.2 Å². The smallest absolute Gasteiger partial charge is 0.246 e. The molecule has 0 aliphatic heterocycles. The molecule has 0 bridgehead atoms. The summed E-state index contributed by atoms with van der Waals surface area (Å²) in [6.45, 7) is 0.967. The van der Waals surface area contributed by atoms with E-state index in [1.807, 2.05) is 41.1 Å². The van der Waals surface area contributed by atoms with Gasteiger partial charge < -0.3 is 13.8 Å². The summed E-state index contributed by atoms with van der Waals surface area (Å²) < 4.78 is 12.3. The normalized spacial score (nSPS) is 11.3. The van der Waals surface area contributed by atoms with Gasteiger partial charge in [0.2, 0.25) is 5.89 Å². The molecule has 0 saturated heterocycles. The second kappa shape index (κ2) is 7.23. The van der Waals surface area contributed by atoms with Gasteiger partial charge in [0.15, 0.2) is 11.6 Å². The molecule has 0 atom stereocenters. The first kappa shape index (κ1) is 16.7. The molecule has 4 aromatic rings. The van der Waals surface area contributed by atoms with Crippen LogP contribution in [0.25, 0.3) is 22.4 Å². The lowest BCUT2D eigenvalue weighted by Crippen LogP contribution is -2.03. The number of nitrogens with zero attached hydrogens (tertiary/aromatic N) is 5. The fourth-order valence-corrected chi connectivity index (χ4v) is 2.92. The average Bonchev–Trinajstić information content (AvgIpc) is 3.30. The highest BCUT2D eigenvalue weighted by molar-refractivity contribution is 6.35. The summed E-state index contributed by atoms with van der Waals surface area (Å²) in [5, 5.41) is 5.55. The van der Waals surface area contributed by atoms with Gasteiger partial charge in [0.05, 0.1) is 17.1 Å². The van der Waals surface area contributed by atoms with E-state index in [0.717, 1.165) is 16.6 Å². The number of imidazole rings is 1. The van der Waals surface area contributed by atoms with Gasteiger partial charge in [-0.1, -0.05) is 35.0 Å². The molecule has 132 valence electrons. The Morgan fingerprint density at radius 1 is 1.19 bits per heavy atom. The predicted octanol–water partition coefficient (Wildman–Crippen LogP) is 3.37. The van der Waals surface area contributed by atoms with Crippen molar-refractivity contribution in [1.82, 2.24) is 24.7 Å². The van der Waals surface area contributed by atoms with Gasteiger partial charge in [-0.25, -0.2) is 9.97 Å². The van der Waals surface area contributed by atoms with Crippen LogP contribution >= 0.6 is 11.6 Å². The molecule has 4 rings (SSSR count). The second-order valence-electron chi connectivity index (χ2n) is 5.73. The number of pyridine rings is 1. The lowest BCUT2D eigenvalue weighted by Gasteiger charge is -2.06. The minimum Gasteiger partial charge on any atom is -0.384 e. The first-order valence-corrected chi connectivity index (χ1v) is 8.49. The third kappa shape index (κ3) is 3.31. The monoisotopic (exact) mass is 369 g/mol. The number of hydrogen-bond acceptors (Lipinski definition) is 6. The van der Waals surface area contributed by atoms with Gasteiger partial charge in [-0.05, 0) is 12.1 Å². The Bertz CT molecular complexity index is 1040. The molecule has 0 radical (unpaired) electrons. The molecule has 0 fully saturated rings. The number of methoxy groups -OCH3 is 1. The van der Waals surface area contributed by atoms with Crippen molar-refractivity contribution in [1.29, 1.82) is 0 Å². The molecule has 0 amide bonds. The van der Waals surface area contributed by atoms with E-state index in [1.165, 1.54) is 0 Å². The molecule has 3 heterocycles. The molecule has 0 aliphatic rings. The molecule has 8 heteroatoms. The summed E-state index contributed by atoms with van der Waals surface area (Å²) in [6, 6.07) is 9.62. The van der Waals surface area contributed by atoms with Crippen molar-refractivity contribution in [3.8, 4) is 11.5 Å². The third-order valence-corrected chi connectivity index (χ3v) is 4.27. The van der Waals surface area contributed by atoms with Crippen molar-refractivity contribution in [2.24, 2.45) is 0 Å². The maximum atomic E-state index is 6.27. The SMILES string of the molecule is COCCc1noc(Cn2ccnc2-c2ccc3cccc(Cl)c3n2)n1. The topological polar surface area (TPSA) is 78.9 Å². The summed E-state index contributed by atoms with van der Waals surface area (Å²) in [5.74, 6) is 1.84. The summed E-state index contributed by atoms with van der Waals surface area (Å²) in [7, 11) is 1.64. The van der Waals surface area contributed by atoms with Crippen LogP contribution in [0, 0.1) is 0 Å². The van der Waals surface area contributed by atoms with Crippen molar-refractivity contribution in [3.63, 3.8) is 0 Å². The molecule has 0 saturated carbocycles. The number of halogens is 1. The largest absolute Gasteiger partial charge is 0.384 e. The Kier molecular flexibility index (Phi) is 4.64. The van der Waals surface area contributed by atoms with Crippen LogP contribution in [0.2, 0.25) is 5.02 Å². The molecule has 0 unspecified atom stereocenters. The second-order valence-corrected chi connectivity index (χ2v) is 6.14. The molecule has 1 aromatic carbocycles. The van der Waals surface area contributed by atoms with Crippen LogP contribution in [0.4, 0.5) is 0 Å². The van der Waals surface area contributed by atoms with E-state index in [1.54, 1.807) is 13.3 Å². The first-order valence-electron chi connectivity index (χ1n) is 8.12. The Labute approximate surface area is 154 Å². The fourth-order valence-electron chi connectivity index (χ4n) is 2.70. The predicted molar refractivity (Wildman–Crippen MR) is 97.0 cm³/mol. The van der Waals surface area contributed by atoms with Crippen molar-refractivity contribution < 1.29 is 9.26 Å². The number of fused-ring (bicyclic) bond motifs is 1. The van der Waals surface area contributed by atoms with Gasteiger partial charge >= 0.3 is 0 Å². The molecule has 0 aliphatic carbocycles. The summed E-state index contributed by atoms with van der Waals surface area (Å²) in [4.78, 5) is 13.5. The molecule has 26 heavy (non-hydrogen) atoms. The van der Waals surface area contributed by atoms with E-state index in [4.69, 9.17) is 20.9 Å². The molecule has 0 spiro atoms. The number of aromatic nitrogens is 5. The average molecular weight is 370 g/mol. The lowest BCUT2D eigenvalue weighted by atomic mass is 10.2. The highest BCUT2D eigenvalue weighted by atomic mass is 35.5.